The summed E-state index contributed by atoms with van der Waals surface area (Å²) in [5, 5.41) is 10.4. The first-order valence-electron chi connectivity index (χ1n) is 3.65. The Bertz CT molecular complexity index is 440. The number of carboxylic acid groups (broad SMARTS) is 1. The molecule has 0 saturated carbocycles. The molecule has 0 saturated heterocycles. The number of benzene rings is 1. The average molecular weight is 295 g/mol. The molecule has 5 nitrogen and oxygen atoms in total. The van der Waals surface area contributed by atoms with E-state index in [1.54, 1.807) is 0 Å². The van der Waals surface area contributed by atoms with Crippen molar-refractivity contribution in [3.63, 3.8) is 0 Å². The summed E-state index contributed by atoms with van der Waals surface area (Å²) in [7, 11) is 1.22. The van der Waals surface area contributed by atoms with Crippen LogP contribution < -0.4 is 69.0 Å². The van der Waals surface area contributed by atoms with Gasteiger partial charge in [-0.05, 0) is 23.2 Å². The number of rotatable bonds is 3. The van der Waals surface area contributed by atoms with Crippen LogP contribution in [-0.2, 0) is 11.1 Å². The zero-order valence-electron chi connectivity index (χ0n) is 9.48. The van der Waals surface area contributed by atoms with E-state index in [2.05, 4.69) is 0 Å². The number of hydrogen-bond acceptors (Lipinski definition) is 5. The molecule has 0 aliphatic carbocycles. The molecule has 82 valence electrons. The third-order valence-electron chi connectivity index (χ3n) is 1.65. The molecule has 1 unspecified atom stereocenters. The molecule has 1 aromatic carbocycles. The first kappa shape index (κ1) is 20.2. The van der Waals surface area contributed by atoms with E-state index in [0.717, 1.165) is 12.1 Å². The van der Waals surface area contributed by atoms with Crippen LogP contribution in [0.4, 0.5) is 0 Å². The van der Waals surface area contributed by atoms with Gasteiger partial charge < -0.3 is 19.2 Å². The summed E-state index contributed by atoms with van der Waals surface area (Å²) in [4.78, 5) is 10.4. The zero-order valence-corrected chi connectivity index (χ0v) is 15.1. The molecule has 0 amide bonds. The topological polar surface area (TPSA) is 89.5 Å². The normalized spacial score (nSPS) is 10.8. The summed E-state index contributed by atoms with van der Waals surface area (Å²) in [6, 6.07) is 2.00. The van der Waals surface area contributed by atoms with Crippen LogP contribution >= 0.6 is 11.6 Å². The van der Waals surface area contributed by atoms with Gasteiger partial charge in [0.15, 0.2) is 0 Å². The number of aromatic carboxylic acids is 1. The molecule has 0 aliphatic heterocycles. The van der Waals surface area contributed by atoms with Gasteiger partial charge in [0.1, 0.15) is 5.75 Å². The number of halogens is 1. The minimum atomic E-state index is -2.55. The predicted molar refractivity (Wildman–Crippen MR) is 49.5 cm³/mol. The van der Waals surface area contributed by atoms with Crippen LogP contribution in [0.15, 0.2) is 17.0 Å². The van der Waals surface area contributed by atoms with E-state index < -0.39 is 17.0 Å². The van der Waals surface area contributed by atoms with Gasteiger partial charge >= 0.3 is 59.1 Å². The van der Waals surface area contributed by atoms with Gasteiger partial charge in [0.25, 0.3) is 0 Å². The van der Waals surface area contributed by atoms with Crippen LogP contribution in [0.25, 0.3) is 0 Å². The van der Waals surface area contributed by atoms with Gasteiger partial charge in [-0.25, -0.2) is 0 Å². The number of carbonyl (C=O) groups excluding carboxylic acids is 1. The van der Waals surface area contributed by atoms with Crippen molar-refractivity contribution in [1.82, 2.24) is 0 Å². The second-order valence-electron chi connectivity index (χ2n) is 2.51. The van der Waals surface area contributed by atoms with E-state index in [9.17, 15) is 18.7 Å². The standard InChI is InChI=1S/C8H7ClO5S.2Na/c1-14-6-3-7(15(12)13)5(9)2-4(6)8(10)11;;/h2-3H,1H3,(H,10,11)(H,12,13);;/q;2*+1/p-2. The molecule has 0 fully saturated rings. The molecule has 17 heavy (non-hydrogen) atoms. The minimum Gasteiger partial charge on any atom is -0.768 e. The molecule has 0 spiro atoms. The molecule has 0 bridgehead atoms. The number of ether oxygens (including phenoxy) is 1. The van der Waals surface area contributed by atoms with Gasteiger partial charge in [0, 0.05) is 10.5 Å². The third kappa shape index (κ3) is 5.18. The first-order valence-corrected chi connectivity index (χ1v) is 5.10. The van der Waals surface area contributed by atoms with E-state index in [0.29, 0.717) is 0 Å². The molecule has 0 radical (unpaired) electrons. The fourth-order valence-corrected chi connectivity index (χ4v) is 1.76. The van der Waals surface area contributed by atoms with Crippen molar-refractivity contribution in [2.24, 2.45) is 0 Å². The Hall–Kier alpha value is 0.890. The molecule has 0 N–H and O–H groups in total. The SMILES string of the molecule is COc1cc(S(=O)[O-])c(Cl)cc1C(=O)[O-].[Na+].[Na+]. The maximum Gasteiger partial charge on any atom is 1.00 e. The minimum absolute atomic E-state index is 0. The van der Waals surface area contributed by atoms with Crippen molar-refractivity contribution in [1.29, 1.82) is 0 Å². The van der Waals surface area contributed by atoms with E-state index in [1.165, 1.54) is 7.11 Å². The Balaban J connectivity index is 0. The second kappa shape index (κ2) is 8.90. The fourth-order valence-electron chi connectivity index (χ4n) is 0.991. The third-order valence-corrected chi connectivity index (χ3v) is 2.78. The van der Waals surface area contributed by atoms with Crippen molar-refractivity contribution in [2.75, 3.05) is 7.11 Å². The second-order valence-corrected chi connectivity index (χ2v) is 3.82. The summed E-state index contributed by atoms with van der Waals surface area (Å²) >= 11 is 3.01. The van der Waals surface area contributed by atoms with Crippen LogP contribution in [0.3, 0.4) is 0 Å². The predicted octanol–water partition coefficient (Wildman–Crippen LogP) is -6.04. The van der Waals surface area contributed by atoms with E-state index in [-0.39, 0.29) is 80.3 Å². The number of hydrogen-bond donors (Lipinski definition) is 0. The van der Waals surface area contributed by atoms with Gasteiger partial charge in [-0.2, -0.15) is 0 Å². The van der Waals surface area contributed by atoms with Crippen molar-refractivity contribution < 1.29 is 82.5 Å². The Morgan fingerprint density at radius 2 is 1.94 bits per heavy atom. The van der Waals surface area contributed by atoms with Gasteiger partial charge in [0.2, 0.25) is 0 Å². The largest absolute Gasteiger partial charge is 1.00 e. The van der Waals surface area contributed by atoms with Gasteiger partial charge in [-0.3, -0.25) is 4.21 Å². The molecule has 0 aliphatic rings. The molecule has 9 heteroatoms. The molecule has 0 aromatic heterocycles. The van der Waals surface area contributed by atoms with Crippen molar-refractivity contribution in [2.45, 2.75) is 4.90 Å². The maximum absolute atomic E-state index is 10.7. The Morgan fingerprint density at radius 1 is 1.41 bits per heavy atom. The molecule has 0 heterocycles. The van der Waals surface area contributed by atoms with Crippen molar-refractivity contribution in [3.8, 4) is 5.75 Å². The summed E-state index contributed by atoms with van der Waals surface area (Å²) in [6.07, 6.45) is 0. The molecule has 1 rings (SSSR count). The van der Waals surface area contributed by atoms with E-state index >= 15 is 0 Å². The Morgan fingerprint density at radius 3 is 2.29 bits per heavy atom. The quantitative estimate of drug-likeness (QED) is 0.409. The molecular weight excluding hydrogens is 290 g/mol. The number of methoxy groups -OCH3 is 1. The van der Waals surface area contributed by atoms with Crippen LogP contribution in [0, 0.1) is 0 Å². The average Bonchev–Trinajstić information content (AvgIpc) is 2.16. The van der Waals surface area contributed by atoms with Crippen molar-refractivity contribution >= 4 is 28.7 Å². The Labute approximate surface area is 150 Å². The van der Waals surface area contributed by atoms with Crippen LogP contribution in [0.1, 0.15) is 10.4 Å². The van der Waals surface area contributed by atoms with Crippen molar-refractivity contribution in [3.05, 3.63) is 22.7 Å². The maximum atomic E-state index is 10.7. The molecule has 1 atom stereocenters. The van der Waals surface area contributed by atoms with Crippen LogP contribution in [0.2, 0.25) is 5.02 Å². The summed E-state index contributed by atoms with van der Waals surface area (Å²) in [5.74, 6) is -1.60. The van der Waals surface area contributed by atoms with Crippen LogP contribution in [0.5, 0.6) is 5.75 Å². The van der Waals surface area contributed by atoms with Crippen LogP contribution in [-0.4, -0.2) is 21.8 Å². The monoisotopic (exact) mass is 294 g/mol. The fraction of sp³-hybridized carbons (Fsp3) is 0.125. The summed E-state index contributed by atoms with van der Waals surface area (Å²) < 4.78 is 26.0. The Kier molecular flexibility index (Phi) is 10.6. The van der Waals surface area contributed by atoms with E-state index in [1.807, 2.05) is 0 Å². The van der Waals surface area contributed by atoms with Gasteiger partial charge in [-0.1, -0.05) is 11.6 Å². The zero-order chi connectivity index (χ0) is 11.6. The first-order chi connectivity index (χ1) is 6.97. The van der Waals surface area contributed by atoms with Gasteiger partial charge in [0.05, 0.1) is 18.1 Å². The summed E-state index contributed by atoms with van der Waals surface area (Å²) in [5.41, 5.74) is -0.295. The molecular formula is C8H5ClNa2O5S. The number of carboxylic acids is 1. The number of carbonyl (C=O) groups is 1. The van der Waals surface area contributed by atoms with E-state index in [4.69, 9.17) is 16.3 Å². The van der Waals surface area contributed by atoms with Gasteiger partial charge in [-0.15, -0.1) is 0 Å². The smallest absolute Gasteiger partial charge is 0.768 e. The molecule has 1 aromatic rings. The summed E-state index contributed by atoms with van der Waals surface area (Å²) in [6.45, 7) is 0.